The molecule has 3 rings (SSSR count). The van der Waals surface area contributed by atoms with Crippen molar-refractivity contribution in [2.75, 3.05) is 32.1 Å². The van der Waals surface area contributed by atoms with E-state index in [0.29, 0.717) is 30.3 Å². The second-order valence-electron chi connectivity index (χ2n) is 7.70. The van der Waals surface area contributed by atoms with Crippen LogP contribution in [0.4, 0.5) is 11.4 Å². The van der Waals surface area contributed by atoms with Crippen LogP contribution in [0.1, 0.15) is 46.0 Å². The lowest BCUT2D eigenvalue weighted by Gasteiger charge is -2.30. The summed E-state index contributed by atoms with van der Waals surface area (Å²) >= 11 is 0. The third kappa shape index (κ3) is 4.29. The van der Waals surface area contributed by atoms with Crippen molar-refractivity contribution in [3.8, 4) is 0 Å². The smallest absolute Gasteiger partial charge is 0.293 e. The highest BCUT2D eigenvalue weighted by Crippen LogP contribution is 2.29. The van der Waals surface area contributed by atoms with Crippen molar-refractivity contribution in [3.63, 3.8) is 0 Å². The van der Waals surface area contributed by atoms with Crippen molar-refractivity contribution in [3.05, 3.63) is 69.3 Å². The Morgan fingerprint density at radius 3 is 2.28 bits per heavy atom. The molecular weight excluding hydrogens is 370 g/mol. The average Bonchev–Trinajstić information content (AvgIpc) is 2.72. The van der Waals surface area contributed by atoms with Gasteiger partial charge in [-0.05, 0) is 37.0 Å². The number of benzene rings is 2. The van der Waals surface area contributed by atoms with Crippen LogP contribution in [0.3, 0.4) is 0 Å². The lowest BCUT2D eigenvalue weighted by Crippen LogP contribution is -2.38. The van der Waals surface area contributed by atoms with Crippen LogP contribution in [0.15, 0.2) is 42.5 Å². The van der Waals surface area contributed by atoms with E-state index in [4.69, 9.17) is 0 Å². The summed E-state index contributed by atoms with van der Waals surface area (Å²) in [5.41, 5.74) is 1.07. The van der Waals surface area contributed by atoms with E-state index in [9.17, 15) is 19.7 Å². The zero-order valence-electron chi connectivity index (χ0n) is 16.9. The Kier molecular flexibility index (Phi) is 5.96. The zero-order valence-corrected chi connectivity index (χ0v) is 16.9. The maximum absolute atomic E-state index is 13.2. The molecule has 1 aliphatic heterocycles. The number of ketones is 1. The van der Waals surface area contributed by atoms with Crippen molar-refractivity contribution in [2.24, 2.45) is 5.92 Å². The summed E-state index contributed by atoms with van der Waals surface area (Å²) in [5, 5.41) is 11.5. The zero-order chi connectivity index (χ0) is 21.1. The molecule has 7 nitrogen and oxygen atoms in total. The third-order valence-corrected chi connectivity index (χ3v) is 5.39. The number of likely N-dealkylation sites (tertiary alicyclic amines) is 1. The van der Waals surface area contributed by atoms with Crippen molar-refractivity contribution in [1.82, 2.24) is 4.90 Å². The Morgan fingerprint density at radius 1 is 1.07 bits per heavy atom. The van der Waals surface area contributed by atoms with E-state index in [1.54, 1.807) is 60.3 Å². The van der Waals surface area contributed by atoms with Crippen LogP contribution < -0.4 is 4.90 Å². The average molecular weight is 395 g/mol. The molecule has 0 atom stereocenters. The molecule has 0 aliphatic carbocycles. The van der Waals surface area contributed by atoms with E-state index < -0.39 is 10.7 Å². The van der Waals surface area contributed by atoms with Crippen LogP contribution in [0.25, 0.3) is 0 Å². The first-order valence-electron chi connectivity index (χ1n) is 9.68. The number of hydrogen-bond donors (Lipinski definition) is 0. The summed E-state index contributed by atoms with van der Waals surface area (Å²) in [7, 11) is 3.41. The molecule has 7 heteroatoms. The molecule has 0 N–H and O–H groups in total. The Morgan fingerprint density at radius 2 is 1.69 bits per heavy atom. The maximum atomic E-state index is 13.2. The second kappa shape index (κ2) is 8.43. The van der Waals surface area contributed by atoms with Gasteiger partial charge in [-0.2, -0.15) is 0 Å². The number of nitro benzene ring substituents is 1. The van der Waals surface area contributed by atoms with Gasteiger partial charge in [-0.15, -0.1) is 0 Å². The number of piperidine rings is 1. The van der Waals surface area contributed by atoms with Gasteiger partial charge in [0.25, 0.3) is 11.6 Å². The first kappa shape index (κ1) is 20.5. The Bertz CT molecular complexity index is 947. The Labute approximate surface area is 170 Å². The lowest BCUT2D eigenvalue weighted by atomic mass is 9.95. The van der Waals surface area contributed by atoms with Crippen LogP contribution in [0.5, 0.6) is 0 Å². The Hall–Kier alpha value is -3.22. The molecule has 1 saturated heterocycles. The summed E-state index contributed by atoms with van der Waals surface area (Å²) in [6.45, 7) is 3.51. The molecule has 0 bridgehead atoms. The number of nitro groups is 1. The molecule has 0 unspecified atom stereocenters. The van der Waals surface area contributed by atoms with Crippen LogP contribution >= 0.6 is 0 Å². The number of hydrogen-bond acceptors (Lipinski definition) is 5. The summed E-state index contributed by atoms with van der Waals surface area (Å²) < 4.78 is 0. The topological polar surface area (TPSA) is 83.8 Å². The standard InChI is InChI=1S/C22H25N3O4/c1-15-10-12-24(13-11-15)22(27)18-7-5-4-6-17(18)21(26)16-8-9-19(23(2)3)20(14-16)25(28)29/h4-9,14-15H,10-13H2,1-3H3. The number of nitrogens with zero attached hydrogens (tertiary/aromatic N) is 3. The molecule has 1 fully saturated rings. The minimum atomic E-state index is -0.502. The van der Waals surface area contributed by atoms with E-state index in [2.05, 4.69) is 6.92 Å². The van der Waals surface area contributed by atoms with Gasteiger partial charge < -0.3 is 9.80 Å². The molecule has 152 valence electrons. The van der Waals surface area contributed by atoms with Gasteiger partial charge in [0.05, 0.1) is 10.5 Å². The first-order valence-corrected chi connectivity index (χ1v) is 9.68. The van der Waals surface area contributed by atoms with Gasteiger partial charge in [-0.1, -0.05) is 25.1 Å². The fourth-order valence-electron chi connectivity index (χ4n) is 3.59. The van der Waals surface area contributed by atoms with E-state index in [-0.39, 0.29) is 22.7 Å². The van der Waals surface area contributed by atoms with Gasteiger partial charge in [0, 0.05) is 44.4 Å². The van der Waals surface area contributed by atoms with E-state index >= 15 is 0 Å². The summed E-state index contributed by atoms with van der Waals surface area (Å²) in [5.74, 6) is 0.0275. The fraction of sp³-hybridized carbons (Fsp3) is 0.364. The van der Waals surface area contributed by atoms with Gasteiger partial charge in [-0.3, -0.25) is 19.7 Å². The van der Waals surface area contributed by atoms with Gasteiger partial charge in [0.2, 0.25) is 0 Å². The van der Waals surface area contributed by atoms with Gasteiger partial charge in [-0.25, -0.2) is 0 Å². The number of carbonyl (C=O) groups excluding carboxylic acids is 2. The van der Waals surface area contributed by atoms with Crippen LogP contribution in [0, 0.1) is 16.0 Å². The molecule has 0 aromatic heterocycles. The first-order chi connectivity index (χ1) is 13.8. The predicted molar refractivity (Wildman–Crippen MR) is 112 cm³/mol. The molecule has 1 aliphatic rings. The molecule has 0 saturated carbocycles. The van der Waals surface area contributed by atoms with Crippen molar-refractivity contribution in [1.29, 1.82) is 0 Å². The fourth-order valence-corrected chi connectivity index (χ4v) is 3.59. The number of amides is 1. The van der Waals surface area contributed by atoms with E-state index in [1.807, 2.05) is 0 Å². The molecular formula is C22H25N3O4. The molecule has 2 aromatic rings. The van der Waals surface area contributed by atoms with Crippen molar-refractivity contribution in [2.45, 2.75) is 19.8 Å². The van der Waals surface area contributed by atoms with Crippen LogP contribution in [-0.4, -0.2) is 48.7 Å². The largest absolute Gasteiger partial charge is 0.372 e. The minimum absolute atomic E-state index is 0.144. The quantitative estimate of drug-likeness (QED) is 0.437. The van der Waals surface area contributed by atoms with E-state index in [1.165, 1.54) is 6.07 Å². The number of rotatable bonds is 5. The molecule has 0 spiro atoms. The molecule has 29 heavy (non-hydrogen) atoms. The summed E-state index contributed by atoms with van der Waals surface area (Å²) in [6, 6.07) is 11.1. The maximum Gasteiger partial charge on any atom is 0.293 e. The van der Waals surface area contributed by atoms with Gasteiger partial charge in [0.15, 0.2) is 5.78 Å². The normalized spacial score (nSPS) is 14.5. The third-order valence-electron chi connectivity index (χ3n) is 5.39. The van der Waals surface area contributed by atoms with Crippen molar-refractivity contribution < 1.29 is 14.5 Å². The van der Waals surface area contributed by atoms with Crippen LogP contribution in [0.2, 0.25) is 0 Å². The van der Waals surface area contributed by atoms with Gasteiger partial charge >= 0.3 is 0 Å². The number of carbonyl (C=O) groups is 2. The highest BCUT2D eigenvalue weighted by atomic mass is 16.6. The highest BCUT2D eigenvalue weighted by Gasteiger charge is 2.26. The molecule has 1 heterocycles. The SMILES string of the molecule is CC1CCN(C(=O)c2ccccc2C(=O)c2ccc(N(C)C)c([N+](=O)[O-])c2)CC1. The predicted octanol–water partition coefficient (Wildman–Crippen LogP) is 3.76. The summed E-state index contributed by atoms with van der Waals surface area (Å²) in [6.07, 6.45) is 1.89. The van der Waals surface area contributed by atoms with Gasteiger partial charge in [0.1, 0.15) is 5.69 Å². The number of anilines is 1. The lowest BCUT2D eigenvalue weighted by molar-refractivity contribution is -0.384. The molecule has 2 aromatic carbocycles. The van der Waals surface area contributed by atoms with Crippen molar-refractivity contribution >= 4 is 23.1 Å². The highest BCUT2D eigenvalue weighted by molar-refractivity contribution is 6.15. The second-order valence-corrected chi connectivity index (χ2v) is 7.70. The molecule has 1 amide bonds. The van der Waals surface area contributed by atoms with Crippen LogP contribution in [-0.2, 0) is 0 Å². The molecule has 0 radical (unpaired) electrons. The summed E-state index contributed by atoms with van der Waals surface area (Å²) in [4.78, 5) is 40.6. The monoisotopic (exact) mass is 395 g/mol. The minimum Gasteiger partial charge on any atom is -0.372 e. The Balaban J connectivity index is 1.96. The van der Waals surface area contributed by atoms with E-state index in [0.717, 1.165) is 12.8 Å².